The van der Waals surface area contributed by atoms with Crippen LogP contribution in [0.2, 0.25) is 5.02 Å². The fraction of sp³-hybridized carbons (Fsp3) is 0.500. The molecule has 1 fully saturated rings. The topological polar surface area (TPSA) is 78.4 Å². The third kappa shape index (κ3) is 4.21. The number of amides is 2. The second-order valence-corrected chi connectivity index (χ2v) is 6.36. The van der Waals surface area contributed by atoms with E-state index in [-0.39, 0.29) is 12.5 Å². The number of hydrogen-bond donors (Lipinski definition) is 3. The Kier molecular flexibility index (Phi) is 5.42. The molecule has 2 rings (SSSR count). The lowest BCUT2D eigenvalue weighted by molar-refractivity contribution is -0.137. The number of anilines is 1. The molecule has 1 aromatic rings. The molecule has 3 N–H and O–H groups in total. The number of benzene rings is 1. The van der Waals surface area contributed by atoms with Crippen LogP contribution in [0.15, 0.2) is 24.3 Å². The molecule has 1 atom stereocenters. The Hall–Kier alpha value is -1.59. The summed E-state index contributed by atoms with van der Waals surface area (Å²) in [5, 5.41) is 15.7. The lowest BCUT2D eigenvalue weighted by Gasteiger charge is -2.30. The summed E-state index contributed by atoms with van der Waals surface area (Å²) < 4.78 is 0. The van der Waals surface area contributed by atoms with E-state index in [1.165, 1.54) is 0 Å². The van der Waals surface area contributed by atoms with Crippen LogP contribution in [0.4, 0.5) is 5.69 Å². The van der Waals surface area contributed by atoms with Crippen LogP contribution in [-0.4, -0.2) is 29.1 Å². The van der Waals surface area contributed by atoms with Gasteiger partial charge >= 0.3 is 11.8 Å². The highest BCUT2D eigenvalue weighted by Gasteiger charge is 2.34. The molecule has 0 aromatic heterocycles. The quantitative estimate of drug-likeness (QED) is 0.744. The van der Waals surface area contributed by atoms with Gasteiger partial charge in [0.15, 0.2) is 0 Å². The van der Waals surface area contributed by atoms with E-state index in [0.717, 1.165) is 25.7 Å². The van der Waals surface area contributed by atoms with E-state index in [1.54, 1.807) is 31.2 Å². The second-order valence-electron chi connectivity index (χ2n) is 5.96. The van der Waals surface area contributed by atoms with Gasteiger partial charge in [-0.2, -0.15) is 0 Å². The van der Waals surface area contributed by atoms with Gasteiger partial charge < -0.3 is 15.7 Å². The molecular weight excluding hydrogens is 304 g/mol. The first-order valence-corrected chi connectivity index (χ1v) is 7.84. The zero-order valence-electron chi connectivity index (χ0n) is 12.6. The molecule has 2 amide bonds. The number of para-hydroxylation sites is 1. The molecule has 0 bridgehead atoms. The maximum Gasteiger partial charge on any atom is 0.313 e. The molecule has 1 aromatic carbocycles. The highest BCUT2D eigenvalue weighted by Crippen LogP contribution is 2.33. The Labute approximate surface area is 135 Å². The van der Waals surface area contributed by atoms with Gasteiger partial charge in [-0.25, -0.2) is 0 Å². The first-order chi connectivity index (χ1) is 10.4. The van der Waals surface area contributed by atoms with Crippen LogP contribution in [0.1, 0.15) is 32.6 Å². The fourth-order valence-corrected chi connectivity index (χ4v) is 2.96. The molecule has 1 saturated carbocycles. The number of carbonyl (C=O) groups is 2. The first kappa shape index (κ1) is 16.8. The standard InChI is InChI=1S/C16H21ClN2O3/c1-16(22,11-6-2-3-7-11)10-18-14(20)15(21)19-13-9-5-4-8-12(13)17/h4-5,8-9,11,22H,2-3,6-7,10H2,1H3,(H,18,20)(H,19,21). The van der Waals surface area contributed by atoms with Crippen molar-refractivity contribution in [1.82, 2.24) is 5.32 Å². The van der Waals surface area contributed by atoms with Gasteiger partial charge in [-0.15, -0.1) is 0 Å². The van der Waals surface area contributed by atoms with E-state index in [0.29, 0.717) is 10.7 Å². The molecule has 0 radical (unpaired) electrons. The summed E-state index contributed by atoms with van der Waals surface area (Å²) in [5.41, 5.74) is -0.608. The number of carbonyl (C=O) groups excluding carboxylic acids is 2. The average Bonchev–Trinajstić information content (AvgIpc) is 3.02. The smallest absolute Gasteiger partial charge is 0.313 e. The number of rotatable bonds is 4. The molecule has 1 aliphatic rings. The van der Waals surface area contributed by atoms with Gasteiger partial charge in [0.2, 0.25) is 0 Å². The molecule has 5 nitrogen and oxygen atoms in total. The van der Waals surface area contributed by atoms with Crippen molar-refractivity contribution < 1.29 is 14.7 Å². The third-order valence-electron chi connectivity index (χ3n) is 4.17. The van der Waals surface area contributed by atoms with Crippen molar-refractivity contribution in [3.63, 3.8) is 0 Å². The fourth-order valence-electron chi connectivity index (χ4n) is 2.77. The van der Waals surface area contributed by atoms with Crippen molar-refractivity contribution in [3.8, 4) is 0 Å². The minimum absolute atomic E-state index is 0.0619. The lowest BCUT2D eigenvalue weighted by atomic mass is 9.88. The van der Waals surface area contributed by atoms with E-state index in [9.17, 15) is 14.7 Å². The summed E-state index contributed by atoms with van der Waals surface area (Å²) in [6.07, 6.45) is 4.10. The van der Waals surface area contributed by atoms with Crippen molar-refractivity contribution in [2.45, 2.75) is 38.2 Å². The number of nitrogens with one attached hydrogen (secondary N) is 2. The van der Waals surface area contributed by atoms with Gasteiger partial charge in [0, 0.05) is 6.54 Å². The zero-order valence-corrected chi connectivity index (χ0v) is 13.3. The summed E-state index contributed by atoms with van der Waals surface area (Å²) >= 11 is 5.92. The van der Waals surface area contributed by atoms with Crippen molar-refractivity contribution in [2.24, 2.45) is 5.92 Å². The van der Waals surface area contributed by atoms with Crippen LogP contribution in [-0.2, 0) is 9.59 Å². The van der Waals surface area contributed by atoms with E-state index < -0.39 is 17.4 Å². The van der Waals surface area contributed by atoms with Crippen molar-refractivity contribution in [3.05, 3.63) is 29.3 Å². The van der Waals surface area contributed by atoms with Gasteiger partial charge in [-0.05, 0) is 37.8 Å². The Morgan fingerprint density at radius 3 is 2.55 bits per heavy atom. The van der Waals surface area contributed by atoms with Crippen LogP contribution < -0.4 is 10.6 Å². The van der Waals surface area contributed by atoms with Crippen LogP contribution in [0.5, 0.6) is 0 Å². The van der Waals surface area contributed by atoms with Gasteiger partial charge in [0.05, 0.1) is 16.3 Å². The highest BCUT2D eigenvalue weighted by molar-refractivity contribution is 6.41. The van der Waals surface area contributed by atoms with Crippen LogP contribution in [0.25, 0.3) is 0 Å². The summed E-state index contributed by atoms with van der Waals surface area (Å²) in [6, 6.07) is 6.68. The predicted molar refractivity (Wildman–Crippen MR) is 85.7 cm³/mol. The van der Waals surface area contributed by atoms with Gasteiger partial charge in [-0.1, -0.05) is 36.6 Å². The number of aliphatic hydroxyl groups is 1. The summed E-state index contributed by atoms with van der Waals surface area (Å²) in [4.78, 5) is 23.7. The molecule has 1 unspecified atom stereocenters. The summed E-state index contributed by atoms with van der Waals surface area (Å²) in [5.74, 6) is -1.41. The number of hydrogen-bond acceptors (Lipinski definition) is 3. The van der Waals surface area contributed by atoms with Gasteiger partial charge in [-0.3, -0.25) is 9.59 Å². The molecule has 120 valence electrons. The normalized spacial score (nSPS) is 17.8. The van der Waals surface area contributed by atoms with Crippen molar-refractivity contribution in [2.75, 3.05) is 11.9 Å². The molecule has 0 spiro atoms. The van der Waals surface area contributed by atoms with E-state index in [2.05, 4.69) is 10.6 Å². The van der Waals surface area contributed by atoms with E-state index in [1.807, 2.05) is 0 Å². The van der Waals surface area contributed by atoms with Crippen LogP contribution in [0.3, 0.4) is 0 Å². The van der Waals surface area contributed by atoms with E-state index >= 15 is 0 Å². The maximum atomic E-state index is 11.8. The Balaban J connectivity index is 1.86. The minimum atomic E-state index is -0.989. The molecule has 0 saturated heterocycles. The lowest BCUT2D eigenvalue weighted by Crippen LogP contribution is -2.48. The Morgan fingerprint density at radius 1 is 1.27 bits per heavy atom. The zero-order chi connectivity index (χ0) is 16.2. The van der Waals surface area contributed by atoms with E-state index in [4.69, 9.17) is 11.6 Å². The summed E-state index contributed by atoms with van der Waals surface area (Å²) in [6.45, 7) is 1.77. The SMILES string of the molecule is CC(O)(CNC(=O)C(=O)Nc1ccccc1Cl)C1CCCC1. The van der Waals surface area contributed by atoms with Crippen LogP contribution in [0, 0.1) is 5.92 Å². The number of halogens is 1. The average molecular weight is 325 g/mol. The highest BCUT2D eigenvalue weighted by atomic mass is 35.5. The molecule has 1 aliphatic carbocycles. The van der Waals surface area contributed by atoms with Gasteiger partial charge in [0.1, 0.15) is 0 Å². The predicted octanol–water partition coefficient (Wildman–Crippen LogP) is 2.34. The second kappa shape index (κ2) is 7.11. The Bertz CT molecular complexity index is 554. The molecular formula is C16H21ClN2O3. The third-order valence-corrected chi connectivity index (χ3v) is 4.50. The van der Waals surface area contributed by atoms with Crippen LogP contribution >= 0.6 is 11.6 Å². The minimum Gasteiger partial charge on any atom is -0.388 e. The molecule has 22 heavy (non-hydrogen) atoms. The summed E-state index contributed by atoms with van der Waals surface area (Å²) in [7, 11) is 0. The molecule has 6 heteroatoms. The Morgan fingerprint density at radius 2 is 1.91 bits per heavy atom. The first-order valence-electron chi connectivity index (χ1n) is 7.46. The largest absolute Gasteiger partial charge is 0.388 e. The molecule has 0 heterocycles. The monoisotopic (exact) mass is 324 g/mol. The van der Waals surface area contributed by atoms with Crippen molar-refractivity contribution in [1.29, 1.82) is 0 Å². The molecule has 0 aliphatic heterocycles. The van der Waals surface area contributed by atoms with Crippen molar-refractivity contribution >= 4 is 29.1 Å². The van der Waals surface area contributed by atoms with Gasteiger partial charge in [0.25, 0.3) is 0 Å². The maximum absolute atomic E-state index is 11.8.